The maximum atomic E-state index is 13.9. The van der Waals surface area contributed by atoms with E-state index in [0.717, 1.165) is 13.1 Å². The minimum Gasteiger partial charge on any atom is -0.477 e. The normalized spacial score (nSPS) is 18.2. The van der Waals surface area contributed by atoms with Crippen molar-refractivity contribution in [2.24, 2.45) is 11.8 Å². The van der Waals surface area contributed by atoms with Gasteiger partial charge in [0.25, 0.3) is 5.56 Å². The minimum absolute atomic E-state index is 0.0704. The number of pyridine rings is 2. The van der Waals surface area contributed by atoms with Crippen molar-refractivity contribution in [3.05, 3.63) is 85.8 Å². The van der Waals surface area contributed by atoms with Crippen LogP contribution < -0.4 is 10.3 Å². The highest BCUT2D eigenvalue weighted by molar-refractivity contribution is 6.38. The van der Waals surface area contributed by atoms with E-state index in [9.17, 15) is 9.18 Å². The van der Waals surface area contributed by atoms with Gasteiger partial charge in [-0.25, -0.2) is 4.39 Å². The number of benzene rings is 2. The van der Waals surface area contributed by atoms with Crippen LogP contribution in [0.1, 0.15) is 27.7 Å². The summed E-state index contributed by atoms with van der Waals surface area (Å²) in [5, 5.41) is 1.44. The summed E-state index contributed by atoms with van der Waals surface area (Å²) < 4.78 is 21.6. The minimum atomic E-state index is -0.447. The zero-order valence-electron chi connectivity index (χ0n) is 22.1. The third kappa shape index (κ3) is 5.53. The van der Waals surface area contributed by atoms with Crippen LogP contribution >= 0.6 is 34.8 Å². The lowest BCUT2D eigenvalue weighted by atomic mass is 9.99. The molecule has 0 spiro atoms. The molecule has 5 nitrogen and oxygen atoms in total. The van der Waals surface area contributed by atoms with Crippen LogP contribution in [0.3, 0.4) is 0 Å². The Kier molecular flexibility index (Phi) is 7.68. The second-order valence-corrected chi connectivity index (χ2v) is 12.3. The highest BCUT2D eigenvalue weighted by Crippen LogP contribution is 2.38. The van der Waals surface area contributed by atoms with Crippen LogP contribution in [0.4, 0.5) is 4.39 Å². The maximum Gasteiger partial charge on any atom is 0.256 e. The highest BCUT2D eigenvalue weighted by atomic mass is 35.5. The van der Waals surface area contributed by atoms with E-state index in [4.69, 9.17) is 44.5 Å². The first-order valence-electron chi connectivity index (χ1n) is 12.8. The molecule has 1 aliphatic rings. The molecule has 0 bridgehead atoms. The second kappa shape index (κ2) is 10.7. The number of ether oxygens (including phenoxy) is 1. The third-order valence-corrected chi connectivity index (χ3v) is 8.31. The Morgan fingerprint density at radius 2 is 1.69 bits per heavy atom. The van der Waals surface area contributed by atoms with E-state index in [0.29, 0.717) is 62.2 Å². The summed E-state index contributed by atoms with van der Waals surface area (Å²) in [5.41, 5.74) is 1.57. The number of para-hydroxylation sites is 1. The quantitative estimate of drug-likeness (QED) is 0.238. The van der Waals surface area contributed by atoms with Crippen LogP contribution in [0, 0.1) is 17.7 Å². The van der Waals surface area contributed by atoms with Crippen LogP contribution in [0.2, 0.25) is 15.1 Å². The van der Waals surface area contributed by atoms with Gasteiger partial charge in [0.05, 0.1) is 27.4 Å². The zero-order chi connectivity index (χ0) is 28.1. The van der Waals surface area contributed by atoms with Gasteiger partial charge >= 0.3 is 0 Å². The Morgan fingerprint density at radius 3 is 2.33 bits per heavy atom. The third-order valence-electron chi connectivity index (χ3n) is 7.38. The lowest BCUT2D eigenvalue weighted by Crippen LogP contribution is -2.39. The molecule has 2 aromatic carbocycles. The lowest BCUT2D eigenvalue weighted by molar-refractivity contribution is 0.157. The van der Waals surface area contributed by atoms with Crippen molar-refractivity contribution < 1.29 is 9.13 Å². The molecule has 5 rings (SSSR count). The maximum absolute atomic E-state index is 13.9. The number of aromatic nitrogens is 2. The lowest BCUT2D eigenvalue weighted by Gasteiger charge is -2.31. The van der Waals surface area contributed by atoms with Gasteiger partial charge in [-0.2, -0.15) is 4.98 Å². The zero-order valence-corrected chi connectivity index (χ0v) is 24.4. The fourth-order valence-electron chi connectivity index (χ4n) is 5.10. The molecular formula is C30H29Cl3FN3O2. The molecule has 1 fully saturated rings. The van der Waals surface area contributed by atoms with Crippen molar-refractivity contribution in [1.82, 2.24) is 14.5 Å². The monoisotopic (exact) mass is 587 g/mol. The summed E-state index contributed by atoms with van der Waals surface area (Å²) in [6.07, 6.45) is 0. The molecule has 0 N–H and O–H groups in total. The van der Waals surface area contributed by atoms with Gasteiger partial charge in [0.1, 0.15) is 5.82 Å². The topological polar surface area (TPSA) is 47.4 Å². The summed E-state index contributed by atoms with van der Waals surface area (Å²) in [6, 6.07) is 14.1. The van der Waals surface area contributed by atoms with E-state index in [1.165, 1.54) is 22.8 Å². The highest BCUT2D eigenvalue weighted by Gasteiger charge is 2.35. The van der Waals surface area contributed by atoms with E-state index in [1.807, 2.05) is 0 Å². The summed E-state index contributed by atoms with van der Waals surface area (Å²) in [4.78, 5) is 20.5. The largest absolute Gasteiger partial charge is 0.477 e. The van der Waals surface area contributed by atoms with Crippen LogP contribution in [-0.4, -0.2) is 39.7 Å². The Labute approximate surface area is 242 Å². The molecule has 1 saturated heterocycles. The molecule has 3 heterocycles. The Morgan fingerprint density at radius 1 is 0.974 bits per heavy atom. The Bertz CT molecular complexity index is 1600. The van der Waals surface area contributed by atoms with Crippen molar-refractivity contribution in [3.63, 3.8) is 0 Å². The van der Waals surface area contributed by atoms with Crippen molar-refractivity contribution >= 4 is 45.8 Å². The van der Waals surface area contributed by atoms with Crippen molar-refractivity contribution in [1.29, 1.82) is 0 Å². The molecule has 0 saturated carbocycles. The fraction of sp³-hybridized carbons (Fsp3) is 0.333. The molecular weight excluding hydrogens is 560 g/mol. The molecule has 1 unspecified atom stereocenters. The number of nitrogens with zero attached hydrogens (tertiary/aromatic N) is 3. The molecule has 4 aromatic rings. The van der Waals surface area contributed by atoms with E-state index < -0.39 is 5.82 Å². The number of hydrogen-bond acceptors (Lipinski definition) is 4. The van der Waals surface area contributed by atoms with Gasteiger partial charge in [-0.15, -0.1) is 0 Å². The van der Waals surface area contributed by atoms with Crippen LogP contribution in [0.25, 0.3) is 27.8 Å². The summed E-state index contributed by atoms with van der Waals surface area (Å²) >= 11 is 19.5. The summed E-state index contributed by atoms with van der Waals surface area (Å²) in [6.45, 7) is 11.2. The van der Waals surface area contributed by atoms with E-state index in [2.05, 4.69) is 32.6 Å². The smallest absolute Gasteiger partial charge is 0.256 e. The molecule has 39 heavy (non-hydrogen) atoms. The first-order chi connectivity index (χ1) is 18.4. The second-order valence-electron chi connectivity index (χ2n) is 11.1. The Hall–Kier alpha value is -2.64. The molecule has 0 aliphatic carbocycles. The molecule has 0 radical (unpaired) electrons. The van der Waals surface area contributed by atoms with E-state index >= 15 is 0 Å². The van der Waals surface area contributed by atoms with Gasteiger partial charge in [0, 0.05) is 47.6 Å². The predicted molar refractivity (Wildman–Crippen MR) is 157 cm³/mol. The average molecular weight is 589 g/mol. The summed E-state index contributed by atoms with van der Waals surface area (Å²) in [5.74, 6) is 0.616. The molecule has 1 aliphatic heterocycles. The van der Waals surface area contributed by atoms with Gasteiger partial charge in [0.15, 0.2) is 5.65 Å². The van der Waals surface area contributed by atoms with Crippen LogP contribution in [-0.2, 0) is 0 Å². The van der Waals surface area contributed by atoms with Crippen LogP contribution in [0.5, 0.6) is 5.88 Å². The van der Waals surface area contributed by atoms with E-state index in [-0.39, 0.29) is 16.1 Å². The van der Waals surface area contributed by atoms with Crippen molar-refractivity contribution in [2.75, 3.05) is 19.7 Å². The fourth-order valence-corrected chi connectivity index (χ4v) is 5.94. The number of rotatable bonds is 5. The van der Waals surface area contributed by atoms with Crippen LogP contribution in [0.15, 0.2) is 59.4 Å². The molecule has 0 amide bonds. The number of halogens is 4. The average Bonchev–Trinajstić information content (AvgIpc) is 3.24. The number of fused-ring (bicyclic) bond motifs is 1. The van der Waals surface area contributed by atoms with Gasteiger partial charge < -0.3 is 4.74 Å². The SMILES string of the molecule is C[C@@H]1CN(C(C)(C)C)CC1COc1cc(-c2ccc(F)cc2Cl)c2ccc(=O)n(-c3c(Cl)cccc3Cl)c2n1. The summed E-state index contributed by atoms with van der Waals surface area (Å²) in [7, 11) is 0. The molecule has 204 valence electrons. The van der Waals surface area contributed by atoms with Crippen molar-refractivity contribution in [2.45, 2.75) is 33.2 Å². The van der Waals surface area contributed by atoms with Crippen molar-refractivity contribution in [3.8, 4) is 22.7 Å². The number of likely N-dealkylation sites (tertiary alicyclic amines) is 1. The Balaban J connectivity index is 1.66. The number of hydrogen-bond donors (Lipinski definition) is 0. The molecule has 9 heteroatoms. The van der Waals surface area contributed by atoms with Gasteiger partial charge in [0.2, 0.25) is 5.88 Å². The first-order valence-corrected chi connectivity index (χ1v) is 13.9. The van der Waals surface area contributed by atoms with Gasteiger partial charge in [-0.1, -0.05) is 47.8 Å². The predicted octanol–water partition coefficient (Wildman–Crippen LogP) is 7.90. The molecule has 2 atom stereocenters. The first kappa shape index (κ1) is 27.9. The van der Waals surface area contributed by atoms with Gasteiger partial charge in [-0.05, 0) is 68.7 Å². The molecule has 2 aromatic heterocycles. The van der Waals surface area contributed by atoms with E-state index in [1.54, 1.807) is 36.4 Å². The van der Waals surface area contributed by atoms with Gasteiger partial charge in [-0.3, -0.25) is 14.3 Å². The standard InChI is InChI=1S/C30H29Cl3FN3O2/c1-17-14-36(30(2,3)4)15-18(17)16-39-26-13-22(20-9-8-19(34)12-25(20)33)21-10-11-27(38)37(29(21)35-26)28-23(31)6-5-7-24(28)32/h5-13,17-18H,14-16H2,1-4H3/t17-,18?/m1/s1.